The van der Waals surface area contributed by atoms with Gasteiger partial charge in [-0.2, -0.15) is 5.10 Å². The highest BCUT2D eigenvalue weighted by Crippen LogP contribution is 2.39. The van der Waals surface area contributed by atoms with Crippen LogP contribution < -0.4 is 5.73 Å². The van der Waals surface area contributed by atoms with Gasteiger partial charge in [-0.1, -0.05) is 23.7 Å². The van der Waals surface area contributed by atoms with Crippen LogP contribution in [-0.2, 0) is 0 Å². The van der Waals surface area contributed by atoms with Crippen LogP contribution in [0, 0.1) is 20.8 Å². The molecule has 5 heteroatoms. The van der Waals surface area contributed by atoms with Crippen molar-refractivity contribution in [3.8, 4) is 22.4 Å². The number of nitrogens with zero attached hydrogens (tertiary/aromatic N) is 1. The number of rotatable bonds is 2. The number of halogens is 1. The summed E-state index contributed by atoms with van der Waals surface area (Å²) in [5, 5.41) is 7.85. The first-order chi connectivity index (χ1) is 9.99. The van der Waals surface area contributed by atoms with Crippen LogP contribution in [0.15, 0.2) is 28.7 Å². The Morgan fingerprint density at radius 1 is 1.14 bits per heavy atom. The number of H-pyrrole nitrogens is 1. The van der Waals surface area contributed by atoms with Crippen LogP contribution in [0.3, 0.4) is 0 Å². The molecule has 4 nitrogen and oxygen atoms in total. The number of nitrogens with two attached hydrogens (primary N) is 1. The van der Waals surface area contributed by atoms with Gasteiger partial charge in [-0.05, 0) is 44.0 Å². The van der Waals surface area contributed by atoms with Gasteiger partial charge in [-0.3, -0.25) is 5.10 Å². The lowest BCUT2D eigenvalue weighted by Gasteiger charge is -2.05. The van der Waals surface area contributed by atoms with Crippen LogP contribution in [0.4, 0.5) is 5.82 Å². The zero-order chi connectivity index (χ0) is 15.1. The van der Waals surface area contributed by atoms with Crippen LogP contribution in [0.2, 0.25) is 5.02 Å². The zero-order valence-electron chi connectivity index (χ0n) is 12.1. The van der Waals surface area contributed by atoms with E-state index >= 15 is 0 Å². The fraction of sp³-hybridized carbons (Fsp3) is 0.188. The summed E-state index contributed by atoms with van der Waals surface area (Å²) >= 11 is 6.09. The molecule has 0 aliphatic rings. The molecule has 0 saturated carbocycles. The Kier molecular flexibility index (Phi) is 3.26. The third-order valence-corrected chi connectivity index (χ3v) is 3.95. The molecule has 0 amide bonds. The Morgan fingerprint density at radius 3 is 2.52 bits per heavy atom. The number of benzene rings is 1. The van der Waals surface area contributed by atoms with E-state index in [-0.39, 0.29) is 0 Å². The van der Waals surface area contributed by atoms with Crippen molar-refractivity contribution in [2.45, 2.75) is 20.8 Å². The molecule has 2 heterocycles. The molecule has 3 rings (SSSR count). The van der Waals surface area contributed by atoms with Crippen molar-refractivity contribution >= 4 is 17.4 Å². The number of anilines is 1. The molecular weight excluding hydrogens is 286 g/mol. The van der Waals surface area contributed by atoms with E-state index in [1.165, 1.54) is 0 Å². The third kappa shape index (κ3) is 2.21. The van der Waals surface area contributed by atoms with Gasteiger partial charge in [0, 0.05) is 10.6 Å². The molecule has 21 heavy (non-hydrogen) atoms. The Labute approximate surface area is 127 Å². The monoisotopic (exact) mass is 301 g/mol. The lowest BCUT2D eigenvalue weighted by Crippen LogP contribution is -1.90. The molecule has 1 aromatic carbocycles. The zero-order valence-corrected chi connectivity index (χ0v) is 12.9. The molecule has 0 radical (unpaired) electrons. The molecule has 0 aliphatic carbocycles. The van der Waals surface area contributed by atoms with Crippen LogP contribution >= 0.6 is 11.6 Å². The molecule has 0 bridgehead atoms. The number of aryl methyl sites for hydroxylation is 2. The van der Waals surface area contributed by atoms with E-state index in [0.29, 0.717) is 10.8 Å². The Morgan fingerprint density at radius 2 is 1.90 bits per heavy atom. The van der Waals surface area contributed by atoms with Crippen LogP contribution in [0.5, 0.6) is 0 Å². The average Bonchev–Trinajstić information content (AvgIpc) is 2.91. The van der Waals surface area contributed by atoms with Gasteiger partial charge in [0.15, 0.2) is 5.82 Å². The Hall–Kier alpha value is -2.20. The summed E-state index contributed by atoms with van der Waals surface area (Å²) in [6.07, 6.45) is 0. The molecule has 2 aromatic heterocycles. The molecule has 0 saturated heterocycles. The number of hydrogen-bond acceptors (Lipinski definition) is 3. The highest BCUT2D eigenvalue weighted by atomic mass is 35.5. The van der Waals surface area contributed by atoms with Gasteiger partial charge < -0.3 is 10.2 Å². The molecule has 0 spiro atoms. The third-order valence-electron chi connectivity index (χ3n) is 3.72. The predicted octanol–water partition coefficient (Wildman–Crippen LogP) is 4.50. The van der Waals surface area contributed by atoms with Gasteiger partial charge in [-0.25, -0.2) is 0 Å². The predicted molar refractivity (Wildman–Crippen MR) is 85.4 cm³/mol. The minimum Gasteiger partial charge on any atom is -0.466 e. The summed E-state index contributed by atoms with van der Waals surface area (Å²) in [6.45, 7) is 5.92. The maximum absolute atomic E-state index is 6.09. The molecule has 0 atom stereocenters. The van der Waals surface area contributed by atoms with E-state index in [9.17, 15) is 0 Å². The summed E-state index contributed by atoms with van der Waals surface area (Å²) < 4.78 is 5.71. The lowest BCUT2D eigenvalue weighted by atomic mass is 9.98. The summed E-state index contributed by atoms with van der Waals surface area (Å²) in [5.74, 6) is 2.19. The Balaban J connectivity index is 2.27. The second-order valence-electron chi connectivity index (χ2n) is 5.08. The minimum atomic E-state index is 0.449. The van der Waals surface area contributed by atoms with Gasteiger partial charge in [-0.15, -0.1) is 0 Å². The van der Waals surface area contributed by atoms with Crippen molar-refractivity contribution in [1.29, 1.82) is 0 Å². The fourth-order valence-electron chi connectivity index (χ4n) is 2.63. The summed E-state index contributed by atoms with van der Waals surface area (Å²) in [6, 6.07) is 7.58. The average molecular weight is 302 g/mol. The van der Waals surface area contributed by atoms with Crippen molar-refractivity contribution in [3.05, 3.63) is 46.4 Å². The van der Waals surface area contributed by atoms with Gasteiger partial charge in [0.2, 0.25) is 0 Å². The van der Waals surface area contributed by atoms with Gasteiger partial charge in [0.05, 0.1) is 11.3 Å². The van der Waals surface area contributed by atoms with Gasteiger partial charge >= 0.3 is 0 Å². The van der Waals surface area contributed by atoms with Crippen molar-refractivity contribution in [2.24, 2.45) is 0 Å². The van der Waals surface area contributed by atoms with Crippen molar-refractivity contribution in [1.82, 2.24) is 10.2 Å². The molecule has 0 aliphatic heterocycles. The maximum Gasteiger partial charge on any atom is 0.153 e. The number of furan rings is 1. The van der Waals surface area contributed by atoms with Gasteiger partial charge in [0.1, 0.15) is 11.5 Å². The van der Waals surface area contributed by atoms with E-state index in [2.05, 4.69) is 10.2 Å². The SMILES string of the molecule is Cc1oc(C)c(-c2[nH]nc(N)c2-c2cccc(Cl)c2)c1C. The second kappa shape index (κ2) is 4.97. The van der Waals surface area contributed by atoms with Crippen LogP contribution in [0.25, 0.3) is 22.4 Å². The highest BCUT2D eigenvalue weighted by Gasteiger charge is 2.21. The first kappa shape index (κ1) is 13.8. The van der Waals surface area contributed by atoms with E-state index in [1.807, 2.05) is 45.0 Å². The number of aromatic nitrogens is 2. The maximum atomic E-state index is 6.09. The fourth-order valence-corrected chi connectivity index (χ4v) is 2.82. The highest BCUT2D eigenvalue weighted by molar-refractivity contribution is 6.30. The quantitative estimate of drug-likeness (QED) is 0.732. The second-order valence-corrected chi connectivity index (χ2v) is 5.52. The summed E-state index contributed by atoms with van der Waals surface area (Å²) in [7, 11) is 0. The van der Waals surface area contributed by atoms with Crippen LogP contribution in [0.1, 0.15) is 17.1 Å². The van der Waals surface area contributed by atoms with Crippen molar-refractivity contribution < 1.29 is 4.42 Å². The Bertz CT molecular complexity index is 817. The first-order valence-corrected chi connectivity index (χ1v) is 7.03. The smallest absolute Gasteiger partial charge is 0.153 e. The molecule has 0 fully saturated rings. The largest absolute Gasteiger partial charge is 0.466 e. The molecule has 3 aromatic rings. The molecule has 0 unspecified atom stereocenters. The van der Waals surface area contributed by atoms with E-state index in [1.54, 1.807) is 0 Å². The number of nitrogen functional groups attached to an aromatic ring is 1. The van der Waals surface area contributed by atoms with Crippen LogP contribution in [-0.4, -0.2) is 10.2 Å². The molecule has 3 N–H and O–H groups in total. The first-order valence-electron chi connectivity index (χ1n) is 6.65. The van der Waals surface area contributed by atoms with E-state index < -0.39 is 0 Å². The lowest BCUT2D eigenvalue weighted by molar-refractivity contribution is 0.503. The normalized spacial score (nSPS) is 11.0. The van der Waals surface area contributed by atoms with Crippen molar-refractivity contribution in [3.63, 3.8) is 0 Å². The summed E-state index contributed by atoms with van der Waals surface area (Å²) in [4.78, 5) is 0. The summed E-state index contributed by atoms with van der Waals surface area (Å²) in [5.41, 5.74) is 10.8. The molecular formula is C16H16ClN3O. The number of nitrogens with one attached hydrogen (secondary N) is 1. The molecule has 108 valence electrons. The van der Waals surface area contributed by atoms with E-state index in [0.717, 1.165) is 39.5 Å². The number of hydrogen-bond donors (Lipinski definition) is 2. The minimum absolute atomic E-state index is 0.449. The topological polar surface area (TPSA) is 67.8 Å². The standard InChI is InChI=1S/C16H16ClN3O/c1-8-9(2)21-10(3)13(8)15-14(16(18)20-19-15)11-5-4-6-12(17)7-11/h4-7H,1-3H3,(H3,18,19,20). The number of aromatic amines is 1. The van der Waals surface area contributed by atoms with E-state index in [4.69, 9.17) is 21.8 Å². The van der Waals surface area contributed by atoms with Gasteiger partial charge in [0.25, 0.3) is 0 Å². The van der Waals surface area contributed by atoms with Crippen molar-refractivity contribution in [2.75, 3.05) is 5.73 Å².